The van der Waals surface area contributed by atoms with Crippen molar-refractivity contribution in [1.29, 1.82) is 0 Å². The molecular weight excluding hydrogens is 264 g/mol. The molecule has 0 bridgehead atoms. The summed E-state index contributed by atoms with van der Waals surface area (Å²) in [5, 5.41) is 5.03. The molecule has 0 unspecified atom stereocenters. The molecule has 0 aromatic rings. The summed E-state index contributed by atoms with van der Waals surface area (Å²) in [6, 6.07) is 0. The molecule has 1 N–H and O–H groups in total. The zero-order valence-electron chi connectivity index (χ0n) is 13.0. The van der Waals surface area contributed by atoms with Gasteiger partial charge < -0.3 is 5.32 Å². The fraction of sp³-hybridized carbons (Fsp3) is 0.941. The predicted molar refractivity (Wildman–Crippen MR) is 89.5 cm³/mol. The van der Waals surface area contributed by atoms with E-state index in [9.17, 15) is 0 Å². The van der Waals surface area contributed by atoms with E-state index in [1.807, 2.05) is 11.8 Å². The largest absolute Gasteiger partial charge is 0.359 e. The minimum atomic E-state index is 0.418. The lowest BCUT2D eigenvalue weighted by atomic mass is 9.81. The Morgan fingerprint density at radius 3 is 2.50 bits per heavy atom. The zero-order valence-corrected chi connectivity index (χ0v) is 13.8. The second-order valence-corrected chi connectivity index (χ2v) is 8.16. The molecule has 0 radical (unpaired) electrons. The zero-order chi connectivity index (χ0) is 13.8. The Balaban J connectivity index is 1.46. The van der Waals surface area contributed by atoms with E-state index in [0.29, 0.717) is 5.54 Å². The first-order chi connectivity index (χ1) is 9.80. The molecule has 0 aromatic carbocycles. The summed E-state index contributed by atoms with van der Waals surface area (Å²) in [6.45, 7) is 3.41. The van der Waals surface area contributed by atoms with E-state index in [1.165, 1.54) is 75.1 Å². The van der Waals surface area contributed by atoms with E-state index in [4.69, 9.17) is 4.99 Å². The van der Waals surface area contributed by atoms with Gasteiger partial charge in [-0.2, -0.15) is 0 Å². The molecule has 0 atom stereocenters. The van der Waals surface area contributed by atoms with Crippen molar-refractivity contribution >= 4 is 16.9 Å². The fourth-order valence-corrected chi connectivity index (χ4v) is 5.35. The molecule has 2 aliphatic carbocycles. The summed E-state index contributed by atoms with van der Waals surface area (Å²) in [4.78, 5) is 4.92. The summed E-state index contributed by atoms with van der Waals surface area (Å²) < 4.78 is 0. The van der Waals surface area contributed by atoms with E-state index in [-0.39, 0.29) is 0 Å². The third-order valence-corrected chi connectivity index (χ3v) is 6.91. The van der Waals surface area contributed by atoms with Crippen LogP contribution in [-0.4, -0.2) is 23.0 Å². The van der Waals surface area contributed by atoms with Crippen molar-refractivity contribution in [2.24, 2.45) is 16.8 Å². The lowest BCUT2D eigenvalue weighted by Gasteiger charge is -2.32. The molecule has 114 valence electrons. The van der Waals surface area contributed by atoms with Gasteiger partial charge in [-0.1, -0.05) is 57.2 Å². The van der Waals surface area contributed by atoms with Crippen molar-refractivity contribution in [3.05, 3.63) is 0 Å². The first kappa shape index (κ1) is 14.7. The Morgan fingerprint density at radius 2 is 1.80 bits per heavy atom. The second kappa shape index (κ2) is 6.72. The second-order valence-electron chi connectivity index (χ2n) is 7.20. The standard InChI is InChI=1S/C17H30N2S/c1-2-14-6-8-15(9-7-14)12-18-16-19-17(13-20-16)10-4-3-5-11-17/h14-15H,2-13H2,1H3,(H,18,19). The van der Waals surface area contributed by atoms with Crippen molar-refractivity contribution in [3.63, 3.8) is 0 Å². The number of nitrogens with one attached hydrogen (secondary N) is 1. The summed E-state index contributed by atoms with van der Waals surface area (Å²) in [5.74, 6) is 3.12. The van der Waals surface area contributed by atoms with Gasteiger partial charge in [0.25, 0.3) is 0 Å². The third-order valence-electron chi connectivity index (χ3n) is 5.70. The van der Waals surface area contributed by atoms with Crippen LogP contribution in [0.3, 0.4) is 0 Å². The van der Waals surface area contributed by atoms with Crippen LogP contribution in [0.15, 0.2) is 4.99 Å². The van der Waals surface area contributed by atoms with Gasteiger partial charge in [0, 0.05) is 17.8 Å². The molecule has 0 amide bonds. The Morgan fingerprint density at radius 1 is 1.10 bits per heavy atom. The number of amidine groups is 1. The van der Waals surface area contributed by atoms with Gasteiger partial charge in [-0.3, -0.25) is 4.99 Å². The predicted octanol–water partition coefficient (Wildman–Crippen LogP) is 4.60. The minimum Gasteiger partial charge on any atom is -0.359 e. The summed E-state index contributed by atoms with van der Waals surface area (Å²) >= 11 is 1.98. The van der Waals surface area contributed by atoms with E-state index in [0.717, 1.165) is 18.4 Å². The number of hydrogen-bond acceptors (Lipinski definition) is 2. The van der Waals surface area contributed by atoms with Gasteiger partial charge in [-0.15, -0.1) is 0 Å². The SMILES string of the molecule is CCC1CCC(CN=C2NC3(CCCCC3)CS2)CC1. The van der Waals surface area contributed by atoms with Gasteiger partial charge in [-0.05, 0) is 37.5 Å². The number of hydrogen-bond donors (Lipinski definition) is 1. The quantitative estimate of drug-likeness (QED) is 0.822. The van der Waals surface area contributed by atoms with Crippen LogP contribution >= 0.6 is 11.8 Å². The fourth-order valence-electron chi connectivity index (χ4n) is 4.12. The molecule has 1 heterocycles. The number of nitrogens with zero attached hydrogens (tertiary/aromatic N) is 1. The Labute approximate surface area is 128 Å². The molecule has 1 aliphatic heterocycles. The van der Waals surface area contributed by atoms with Crippen molar-refractivity contribution in [1.82, 2.24) is 5.32 Å². The number of thioether (sulfide) groups is 1. The maximum Gasteiger partial charge on any atom is 0.157 e. The average molecular weight is 295 g/mol. The van der Waals surface area contributed by atoms with Gasteiger partial charge >= 0.3 is 0 Å². The lowest BCUT2D eigenvalue weighted by molar-refractivity contribution is 0.274. The van der Waals surface area contributed by atoms with E-state index >= 15 is 0 Å². The minimum absolute atomic E-state index is 0.418. The highest BCUT2D eigenvalue weighted by atomic mass is 32.2. The molecule has 3 aliphatic rings. The van der Waals surface area contributed by atoms with E-state index in [2.05, 4.69) is 12.2 Å². The molecule has 1 saturated heterocycles. The van der Waals surface area contributed by atoms with Gasteiger partial charge in [-0.25, -0.2) is 0 Å². The van der Waals surface area contributed by atoms with Gasteiger partial charge in [0.1, 0.15) is 0 Å². The Hall–Kier alpha value is -0.180. The van der Waals surface area contributed by atoms with Crippen molar-refractivity contribution in [2.45, 2.75) is 76.7 Å². The molecule has 20 heavy (non-hydrogen) atoms. The molecule has 0 aromatic heterocycles. The van der Waals surface area contributed by atoms with Gasteiger partial charge in [0.15, 0.2) is 5.17 Å². The van der Waals surface area contributed by atoms with Crippen molar-refractivity contribution < 1.29 is 0 Å². The molecule has 2 saturated carbocycles. The van der Waals surface area contributed by atoms with E-state index < -0.39 is 0 Å². The lowest BCUT2D eigenvalue weighted by Crippen LogP contribution is -2.45. The molecule has 1 spiro atoms. The number of rotatable bonds is 3. The van der Waals surface area contributed by atoms with Crippen LogP contribution in [0.2, 0.25) is 0 Å². The number of aliphatic imine (C=N–C) groups is 1. The monoisotopic (exact) mass is 294 g/mol. The summed E-state index contributed by atoms with van der Waals surface area (Å²) in [6.07, 6.45) is 14.0. The maximum absolute atomic E-state index is 4.92. The first-order valence-corrected chi connectivity index (χ1v) is 9.74. The van der Waals surface area contributed by atoms with Crippen LogP contribution in [0, 0.1) is 11.8 Å². The smallest absolute Gasteiger partial charge is 0.157 e. The highest BCUT2D eigenvalue weighted by Gasteiger charge is 2.38. The Kier molecular flexibility index (Phi) is 4.95. The molecule has 3 fully saturated rings. The first-order valence-electron chi connectivity index (χ1n) is 8.75. The topological polar surface area (TPSA) is 24.4 Å². The van der Waals surface area contributed by atoms with Gasteiger partial charge in [0.2, 0.25) is 0 Å². The van der Waals surface area contributed by atoms with Crippen molar-refractivity contribution in [3.8, 4) is 0 Å². The molecule has 2 nitrogen and oxygen atoms in total. The Bertz CT molecular complexity index is 339. The van der Waals surface area contributed by atoms with Crippen LogP contribution in [-0.2, 0) is 0 Å². The summed E-state index contributed by atoms with van der Waals surface area (Å²) in [5.41, 5.74) is 0.418. The average Bonchev–Trinajstić information content (AvgIpc) is 2.89. The molecule has 3 rings (SSSR count). The van der Waals surface area contributed by atoms with Crippen LogP contribution in [0.5, 0.6) is 0 Å². The maximum atomic E-state index is 4.92. The normalized spacial score (nSPS) is 35.4. The molecule has 3 heteroatoms. The molecular formula is C17H30N2S. The third kappa shape index (κ3) is 3.52. The van der Waals surface area contributed by atoms with Crippen LogP contribution in [0.25, 0.3) is 0 Å². The highest BCUT2D eigenvalue weighted by Crippen LogP contribution is 2.36. The van der Waals surface area contributed by atoms with Gasteiger partial charge in [0.05, 0.1) is 0 Å². The van der Waals surface area contributed by atoms with E-state index in [1.54, 1.807) is 0 Å². The van der Waals surface area contributed by atoms with Crippen LogP contribution in [0.1, 0.15) is 71.1 Å². The van der Waals surface area contributed by atoms with Crippen LogP contribution in [0.4, 0.5) is 0 Å². The van der Waals surface area contributed by atoms with Crippen molar-refractivity contribution in [2.75, 3.05) is 12.3 Å². The van der Waals surface area contributed by atoms with Crippen LogP contribution < -0.4 is 5.32 Å². The summed E-state index contributed by atoms with van der Waals surface area (Å²) in [7, 11) is 0. The highest BCUT2D eigenvalue weighted by molar-refractivity contribution is 8.14.